The summed E-state index contributed by atoms with van der Waals surface area (Å²) in [6.45, 7) is 7.41. The highest BCUT2D eigenvalue weighted by Gasteiger charge is 2.42. The summed E-state index contributed by atoms with van der Waals surface area (Å²) in [7, 11) is 0. The summed E-state index contributed by atoms with van der Waals surface area (Å²) in [6, 6.07) is 19.0. The van der Waals surface area contributed by atoms with Gasteiger partial charge in [0.25, 0.3) is 0 Å². The zero-order chi connectivity index (χ0) is 14.4. The van der Waals surface area contributed by atoms with E-state index in [1.165, 1.54) is 22.3 Å². The predicted octanol–water partition coefficient (Wildman–Crippen LogP) is 4.65. The molecule has 21 heavy (non-hydrogen) atoms. The Bertz CT molecular complexity index is 688. The maximum Gasteiger partial charge on any atom is 0.0392 e. The van der Waals surface area contributed by atoms with Crippen molar-refractivity contribution in [2.75, 3.05) is 0 Å². The molecule has 4 atom stereocenters. The lowest BCUT2D eigenvalue weighted by Crippen LogP contribution is -2.47. The minimum Gasteiger partial charge on any atom is -0.288 e. The Hall–Kier alpha value is -1.86. The van der Waals surface area contributed by atoms with Crippen molar-refractivity contribution < 1.29 is 0 Å². The van der Waals surface area contributed by atoms with Crippen LogP contribution in [0.25, 0.3) is 0 Å². The molecule has 2 aromatic carbocycles. The number of fused-ring (bicyclic) bond motifs is 6. The van der Waals surface area contributed by atoms with Gasteiger partial charge in [0.15, 0.2) is 0 Å². The third kappa shape index (κ3) is 1.81. The standard InChI is InChI=1S/C20H21N/c1-3-8-19-17-11-6-7-12-18(17)20-14(2)21(19)13-15-9-4-5-10-16(15)20/h3-7,9-12,14,19-20H,1,8,13H2,2H3/t14-,19+,20?/m0/s1. The number of nitrogens with zero attached hydrogens (tertiary/aromatic N) is 1. The van der Waals surface area contributed by atoms with Crippen LogP contribution in [0.4, 0.5) is 0 Å². The summed E-state index contributed by atoms with van der Waals surface area (Å²) in [5.41, 5.74) is 6.02. The Morgan fingerprint density at radius 3 is 2.48 bits per heavy atom. The van der Waals surface area contributed by atoms with Crippen molar-refractivity contribution in [1.82, 2.24) is 4.90 Å². The van der Waals surface area contributed by atoms with Crippen LogP contribution in [0.15, 0.2) is 61.2 Å². The Labute approximate surface area is 126 Å². The Kier molecular flexibility index (Phi) is 2.97. The molecule has 0 N–H and O–H groups in total. The quantitative estimate of drug-likeness (QED) is 0.721. The molecule has 2 heterocycles. The van der Waals surface area contributed by atoms with Gasteiger partial charge in [-0.25, -0.2) is 0 Å². The molecule has 2 aliphatic rings. The average Bonchev–Trinajstić information content (AvgIpc) is 2.51. The summed E-state index contributed by atoms with van der Waals surface area (Å²) in [6.07, 6.45) is 3.09. The van der Waals surface area contributed by atoms with E-state index in [9.17, 15) is 0 Å². The molecule has 2 aliphatic heterocycles. The van der Waals surface area contributed by atoms with E-state index in [0.717, 1.165) is 13.0 Å². The largest absolute Gasteiger partial charge is 0.288 e. The van der Waals surface area contributed by atoms with Crippen LogP contribution in [-0.4, -0.2) is 10.9 Å². The molecule has 0 saturated heterocycles. The number of hydrogen-bond acceptors (Lipinski definition) is 1. The van der Waals surface area contributed by atoms with Gasteiger partial charge in [0.05, 0.1) is 0 Å². The number of rotatable bonds is 2. The molecule has 106 valence electrons. The normalized spacial score (nSPS) is 29.4. The van der Waals surface area contributed by atoms with Gasteiger partial charge in [0.2, 0.25) is 0 Å². The molecule has 4 rings (SSSR count). The lowest BCUT2D eigenvalue weighted by atomic mass is 9.72. The topological polar surface area (TPSA) is 3.24 Å². The molecule has 0 fully saturated rings. The van der Waals surface area contributed by atoms with Gasteiger partial charge in [0, 0.05) is 24.5 Å². The molecule has 0 aromatic heterocycles. The van der Waals surface area contributed by atoms with E-state index in [0.29, 0.717) is 18.0 Å². The van der Waals surface area contributed by atoms with Crippen LogP contribution in [0.2, 0.25) is 0 Å². The predicted molar refractivity (Wildman–Crippen MR) is 87.3 cm³/mol. The summed E-state index contributed by atoms with van der Waals surface area (Å²) in [4.78, 5) is 2.66. The lowest BCUT2D eigenvalue weighted by Gasteiger charge is -2.50. The van der Waals surface area contributed by atoms with E-state index in [4.69, 9.17) is 0 Å². The van der Waals surface area contributed by atoms with E-state index in [1.807, 2.05) is 0 Å². The fraction of sp³-hybridized carbons (Fsp3) is 0.300. The molecule has 2 unspecified atom stereocenters. The molecule has 0 aliphatic carbocycles. The Morgan fingerprint density at radius 1 is 1.05 bits per heavy atom. The molecule has 1 nitrogen and oxygen atoms in total. The average molecular weight is 275 g/mol. The number of benzene rings is 2. The Morgan fingerprint density at radius 2 is 1.71 bits per heavy atom. The molecule has 1 heteroatoms. The smallest absolute Gasteiger partial charge is 0.0392 e. The highest BCUT2D eigenvalue weighted by atomic mass is 15.2. The molecule has 2 bridgehead atoms. The molecular weight excluding hydrogens is 254 g/mol. The minimum absolute atomic E-state index is 0.471. The van der Waals surface area contributed by atoms with E-state index in [1.54, 1.807) is 0 Å². The third-order valence-corrected chi connectivity index (χ3v) is 5.23. The molecular formula is C20H21N. The molecule has 0 amide bonds. The third-order valence-electron chi connectivity index (χ3n) is 5.23. The van der Waals surface area contributed by atoms with Gasteiger partial charge in [-0.1, -0.05) is 54.6 Å². The van der Waals surface area contributed by atoms with Gasteiger partial charge in [0.1, 0.15) is 0 Å². The first-order valence-electron chi connectivity index (χ1n) is 7.84. The highest BCUT2D eigenvalue weighted by Crippen LogP contribution is 2.49. The SMILES string of the molecule is C=CC[C@@H]1c2ccccc2C2c3ccccc3CN1[C@H]2C. The first kappa shape index (κ1) is 12.8. The van der Waals surface area contributed by atoms with Crippen LogP contribution in [0, 0.1) is 0 Å². The van der Waals surface area contributed by atoms with Crippen molar-refractivity contribution in [3.63, 3.8) is 0 Å². The zero-order valence-corrected chi connectivity index (χ0v) is 12.5. The second-order valence-corrected chi connectivity index (χ2v) is 6.26. The summed E-state index contributed by atoms with van der Waals surface area (Å²) < 4.78 is 0. The van der Waals surface area contributed by atoms with Crippen molar-refractivity contribution in [2.45, 2.75) is 37.9 Å². The first-order chi connectivity index (χ1) is 10.3. The summed E-state index contributed by atoms with van der Waals surface area (Å²) >= 11 is 0. The van der Waals surface area contributed by atoms with Gasteiger partial charge in [-0.2, -0.15) is 0 Å². The van der Waals surface area contributed by atoms with Crippen LogP contribution in [0.1, 0.15) is 47.6 Å². The van der Waals surface area contributed by atoms with Gasteiger partial charge in [-0.05, 0) is 35.6 Å². The zero-order valence-electron chi connectivity index (χ0n) is 12.5. The van der Waals surface area contributed by atoms with E-state index in [2.05, 4.69) is 73.0 Å². The van der Waals surface area contributed by atoms with E-state index >= 15 is 0 Å². The van der Waals surface area contributed by atoms with Crippen molar-refractivity contribution in [3.8, 4) is 0 Å². The number of hydrogen-bond donors (Lipinski definition) is 0. The van der Waals surface area contributed by atoms with Crippen LogP contribution >= 0.6 is 0 Å². The van der Waals surface area contributed by atoms with Crippen molar-refractivity contribution in [1.29, 1.82) is 0 Å². The van der Waals surface area contributed by atoms with Crippen LogP contribution in [-0.2, 0) is 6.54 Å². The molecule has 0 spiro atoms. The maximum atomic E-state index is 3.98. The second-order valence-electron chi connectivity index (χ2n) is 6.26. The van der Waals surface area contributed by atoms with Crippen molar-refractivity contribution >= 4 is 0 Å². The fourth-order valence-electron chi connectivity index (χ4n) is 4.29. The minimum atomic E-state index is 0.471. The van der Waals surface area contributed by atoms with Crippen LogP contribution in [0.5, 0.6) is 0 Å². The van der Waals surface area contributed by atoms with Crippen LogP contribution in [0.3, 0.4) is 0 Å². The first-order valence-corrected chi connectivity index (χ1v) is 7.84. The Balaban J connectivity index is 1.95. The van der Waals surface area contributed by atoms with Gasteiger partial charge < -0.3 is 0 Å². The molecule has 0 saturated carbocycles. The van der Waals surface area contributed by atoms with Gasteiger partial charge in [-0.3, -0.25) is 4.90 Å². The summed E-state index contributed by atoms with van der Waals surface area (Å²) in [5.74, 6) is 0.507. The molecule has 2 aromatic rings. The lowest BCUT2D eigenvalue weighted by molar-refractivity contribution is 0.0938. The van der Waals surface area contributed by atoms with Crippen LogP contribution < -0.4 is 0 Å². The van der Waals surface area contributed by atoms with Crippen molar-refractivity contribution in [3.05, 3.63) is 83.4 Å². The van der Waals surface area contributed by atoms with Gasteiger partial charge in [-0.15, -0.1) is 6.58 Å². The van der Waals surface area contributed by atoms with E-state index in [-0.39, 0.29) is 0 Å². The fourth-order valence-corrected chi connectivity index (χ4v) is 4.29. The van der Waals surface area contributed by atoms with E-state index < -0.39 is 0 Å². The summed E-state index contributed by atoms with van der Waals surface area (Å²) in [5, 5.41) is 0. The monoisotopic (exact) mass is 275 g/mol. The highest BCUT2D eigenvalue weighted by molar-refractivity contribution is 5.48. The second kappa shape index (κ2) is 4.85. The molecule has 0 radical (unpaired) electrons. The van der Waals surface area contributed by atoms with Gasteiger partial charge >= 0.3 is 0 Å². The van der Waals surface area contributed by atoms with Crippen molar-refractivity contribution in [2.24, 2.45) is 0 Å². The maximum absolute atomic E-state index is 3.98.